The predicted molar refractivity (Wildman–Crippen MR) is 211 cm³/mol. The molecule has 2 amide bonds. The molecule has 2 aliphatic rings. The van der Waals surface area contributed by atoms with E-state index in [1.807, 2.05) is 0 Å². The van der Waals surface area contributed by atoms with Gasteiger partial charge in [-0.25, -0.2) is 13.5 Å². The Hall–Kier alpha value is -5.86. The number of aromatic nitrogens is 1. The summed E-state index contributed by atoms with van der Waals surface area (Å²) in [5, 5.41) is 4.18. The molecule has 0 saturated carbocycles. The first-order valence-electron chi connectivity index (χ1n) is 18.6. The van der Waals surface area contributed by atoms with Crippen LogP contribution in [0.1, 0.15) is 59.2 Å². The molecule has 2 aliphatic heterocycles. The van der Waals surface area contributed by atoms with Crippen molar-refractivity contribution in [2.45, 2.75) is 52.1 Å². The molecular formula is C41H44F2N5O9P. The van der Waals surface area contributed by atoms with E-state index in [1.54, 1.807) is 93.5 Å². The molecule has 14 nitrogen and oxygen atoms in total. The van der Waals surface area contributed by atoms with Gasteiger partial charge in [0, 0.05) is 50.6 Å². The first kappa shape index (κ1) is 41.8. The lowest BCUT2D eigenvalue weighted by Crippen LogP contribution is -2.70. The molecule has 306 valence electrons. The molecule has 3 aromatic carbocycles. The number of likely N-dealkylation sites (N-methyl/N-ethyl adjacent to an activating group) is 1. The summed E-state index contributed by atoms with van der Waals surface area (Å²) in [5.41, 5.74) is -2.16. The number of nitrogens with zero attached hydrogens (tertiary/aromatic N) is 4. The number of ether oxygens (including phenoxy) is 3. The van der Waals surface area contributed by atoms with Gasteiger partial charge < -0.3 is 29.0 Å². The lowest BCUT2D eigenvalue weighted by Gasteiger charge is -2.52. The Kier molecular flexibility index (Phi) is 12.8. The molecule has 0 bridgehead atoms. The van der Waals surface area contributed by atoms with Crippen LogP contribution < -0.4 is 25.0 Å². The molecule has 2 unspecified atom stereocenters. The average Bonchev–Trinajstić information content (AvgIpc) is 3.69. The second-order valence-electron chi connectivity index (χ2n) is 14.2. The van der Waals surface area contributed by atoms with E-state index in [0.717, 1.165) is 6.07 Å². The quantitative estimate of drug-likeness (QED) is 0.0896. The van der Waals surface area contributed by atoms with Crippen molar-refractivity contribution in [1.29, 1.82) is 0 Å². The number of nitrogens with one attached hydrogen (secondary N) is 1. The van der Waals surface area contributed by atoms with E-state index >= 15 is 0 Å². The molecular weight excluding hydrogens is 775 g/mol. The van der Waals surface area contributed by atoms with Crippen molar-refractivity contribution in [2.24, 2.45) is 10.7 Å². The zero-order chi connectivity index (χ0) is 41.6. The number of carbonyl (C=O) groups is 3. The molecule has 1 spiro atoms. The summed E-state index contributed by atoms with van der Waals surface area (Å²) in [7, 11) is -2.52. The van der Waals surface area contributed by atoms with Gasteiger partial charge in [-0.15, -0.1) is 0 Å². The van der Waals surface area contributed by atoms with Crippen LogP contribution in [0.5, 0.6) is 11.5 Å². The van der Waals surface area contributed by atoms with Gasteiger partial charge in [0.05, 0.1) is 31.4 Å². The minimum Gasteiger partial charge on any atom is -0.482 e. The van der Waals surface area contributed by atoms with Crippen LogP contribution >= 0.6 is 7.52 Å². The lowest BCUT2D eigenvalue weighted by atomic mass is 10.0. The van der Waals surface area contributed by atoms with Gasteiger partial charge in [0.1, 0.15) is 29.6 Å². The van der Waals surface area contributed by atoms with E-state index in [4.69, 9.17) is 18.7 Å². The maximum atomic E-state index is 14.7. The standard InChI is InChI=1S/C41H44F2N5O9P/c1-27(2)56-40(52)28(3)22-45-58(53,57-32-13-9-6-10-14-32)20-18-48-41(17-19-54-26-41)46(4)39(51)35-37(55-25-29-11-7-5-8-12-29)36(49)33(24-47(35)48)38(50)44-23-30-15-16-31(42)21-34(30)43/h5-16,21-22,24,27-28H,17-20,23,25-26H2,1-4H3,(H,44,50)/b45-22-/t28?,41-,58?/m0/s1. The molecule has 6 rings (SSSR count). The van der Waals surface area contributed by atoms with Gasteiger partial charge in [-0.1, -0.05) is 54.6 Å². The molecule has 0 aliphatic carbocycles. The van der Waals surface area contributed by atoms with Crippen LogP contribution in [0.2, 0.25) is 0 Å². The highest BCUT2D eigenvalue weighted by molar-refractivity contribution is 7.58. The zero-order valence-electron chi connectivity index (χ0n) is 32.4. The summed E-state index contributed by atoms with van der Waals surface area (Å²) in [4.78, 5) is 56.6. The first-order chi connectivity index (χ1) is 27.7. The van der Waals surface area contributed by atoms with Crippen molar-refractivity contribution < 1.29 is 46.5 Å². The number of hydrogen-bond donors (Lipinski definition) is 1. The van der Waals surface area contributed by atoms with Crippen LogP contribution in [0.25, 0.3) is 0 Å². The third-order valence-corrected chi connectivity index (χ3v) is 11.4. The van der Waals surface area contributed by atoms with Crippen molar-refractivity contribution in [3.8, 4) is 11.5 Å². The number of para-hydroxylation sites is 1. The summed E-state index contributed by atoms with van der Waals surface area (Å²) in [5.74, 6) is -4.86. The molecule has 3 atom stereocenters. The van der Waals surface area contributed by atoms with Gasteiger partial charge in [-0.3, -0.25) is 33.4 Å². The molecule has 0 radical (unpaired) electrons. The van der Waals surface area contributed by atoms with Crippen LogP contribution in [0, 0.1) is 17.6 Å². The lowest BCUT2D eigenvalue weighted by molar-refractivity contribution is -0.149. The van der Waals surface area contributed by atoms with E-state index in [0.29, 0.717) is 11.6 Å². The first-order valence-corrected chi connectivity index (χ1v) is 20.4. The van der Waals surface area contributed by atoms with Crippen LogP contribution in [0.15, 0.2) is 94.6 Å². The van der Waals surface area contributed by atoms with Gasteiger partial charge in [0.2, 0.25) is 5.43 Å². The topological polar surface area (TPSA) is 158 Å². The number of benzene rings is 3. The van der Waals surface area contributed by atoms with E-state index < -0.39 is 71.8 Å². The molecule has 1 aromatic heterocycles. The molecule has 1 saturated heterocycles. The van der Waals surface area contributed by atoms with Gasteiger partial charge in [0.25, 0.3) is 11.8 Å². The van der Waals surface area contributed by atoms with Crippen molar-refractivity contribution in [3.63, 3.8) is 0 Å². The molecule has 1 fully saturated rings. The monoisotopic (exact) mass is 819 g/mol. The normalized spacial score (nSPS) is 17.9. The average molecular weight is 820 g/mol. The summed E-state index contributed by atoms with van der Waals surface area (Å²) >= 11 is 0. The number of fused-ring (bicyclic) bond motifs is 1. The van der Waals surface area contributed by atoms with Gasteiger partial charge in [0.15, 0.2) is 17.1 Å². The Balaban J connectivity index is 1.44. The minimum absolute atomic E-state index is 0.00241. The fourth-order valence-electron chi connectivity index (χ4n) is 6.57. The SMILES string of the molecule is CC(C)OC(=O)C(C)/C=N\P(=O)(CCN1n2cc(C(=O)NCc3ccc(F)cc3F)c(=O)c(OCc3ccccc3)c2C(=O)N(C)[C@@]12CCOC2)Oc1ccccc1. The number of hydrogen-bond acceptors (Lipinski definition) is 10. The van der Waals surface area contributed by atoms with Crippen molar-refractivity contribution in [1.82, 2.24) is 14.9 Å². The number of pyridine rings is 1. The molecule has 3 heterocycles. The summed E-state index contributed by atoms with van der Waals surface area (Å²) in [6.45, 7) is 4.51. The Morgan fingerprint density at radius 1 is 1.03 bits per heavy atom. The second-order valence-corrected chi connectivity index (χ2v) is 16.3. The van der Waals surface area contributed by atoms with Crippen molar-refractivity contribution >= 4 is 31.5 Å². The van der Waals surface area contributed by atoms with E-state index in [2.05, 4.69) is 10.1 Å². The van der Waals surface area contributed by atoms with Crippen LogP contribution in [0.3, 0.4) is 0 Å². The Morgan fingerprint density at radius 3 is 2.40 bits per heavy atom. The predicted octanol–water partition coefficient (Wildman–Crippen LogP) is 5.71. The van der Waals surface area contributed by atoms with E-state index in [1.165, 1.54) is 28.1 Å². The van der Waals surface area contributed by atoms with Gasteiger partial charge >= 0.3 is 13.5 Å². The maximum Gasteiger partial charge on any atom is 0.363 e. The molecule has 1 N–H and O–H groups in total. The van der Waals surface area contributed by atoms with Crippen molar-refractivity contribution in [2.75, 3.05) is 38.0 Å². The van der Waals surface area contributed by atoms with E-state index in [-0.39, 0.29) is 62.1 Å². The van der Waals surface area contributed by atoms with Crippen LogP contribution in [-0.2, 0) is 32.0 Å². The Morgan fingerprint density at radius 2 is 1.74 bits per heavy atom. The Labute approximate surface area is 333 Å². The highest BCUT2D eigenvalue weighted by Gasteiger charge is 2.53. The highest BCUT2D eigenvalue weighted by Crippen LogP contribution is 2.49. The third kappa shape index (κ3) is 9.13. The number of esters is 1. The third-order valence-electron chi connectivity index (χ3n) is 9.70. The fourth-order valence-corrected chi connectivity index (χ4v) is 8.12. The number of rotatable bonds is 15. The van der Waals surface area contributed by atoms with Gasteiger partial charge in [-0.2, -0.15) is 0 Å². The number of carbonyl (C=O) groups excluding carboxylic acids is 3. The Bertz CT molecular complexity index is 2280. The van der Waals surface area contributed by atoms with Crippen molar-refractivity contribution in [3.05, 3.63) is 129 Å². The summed E-state index contributed by atoms with van der Waals surface area (Å²) in [6, 6.07) is 20.1. The fraction of sp³-hybridized carbons (Fsp3) is 0.341. The number of amides is 2. The maximum absolute atomic E-state index is 14.7. The molecule has 58 heavy (non-hydrogen) atoms. The number of halogens is 2. The smallest absolute Gasteiger partial charge is 0.363 e. The van der Waals surface area contributed by atoms with Crippen LogP contribution in [-0.4, -0.2) is 78.3 Å². The molecule has 4 aromatic rings. The van der Waals surface area contributed by atoms with E-state index in [9.17, 15) is 32.5 Å². The highest BCUT2D eigenvalue weighted by atomic mass is 31.2. The summed E-state index contributed by atoms with van der Waals surface area (Å²) in [6.07, 6.45) is 2.01. The van der Waals surface area contributed by atoms with Gasteiger partial charge in [-0.05, 0) is 44.5 Å². The zero-order valence-corrected chi connectivity index (χ0v) is 33.3. The summed E-state index contributed by atoms with van der Waals surface area (Å²) < 4.78 is 71.8. The minimum atomic E-state index is -4.07. The largest absolute Gasteiger partial charge is 0.482 e. The molecule has 17 heteroatoms. The second kappa shape index (κ2) is 17.7. The van der Waals surface area contributed by atoms with Crippen LogP contribution in [0.4, 0.5) is 8.78 Å².